The van der Waals surface area contributed by atoms with Crippen LogP contribution < -0.4 is 5.32 Å². The molecule has 3 rings (SSSR count). The Balaban J connectivity index is 1.79. The number of carbonyl (C=O) groups excluding carboxylic acids is 1. The van der Waals surface area contributed by atoms with Gasteiger partial charge in [-0.05, 0) is 6.42 Å². The average molecular weight is 332 g/mol. The molecule has 0 aromatic carbocycles. The van der Waals surface area contributed by atoms with E-state index in [9.17, 15) is 23.1 Å². The number of amides is 2. The van der Waals surface area contributed by atoms with Crippen LogP contribution in [0.15, 0.2) is 0 Å². The number of nitrogens with one attached hydrogen (secondary N) is 1. The molecule has 3 saturated heterocycles. The van der Waals surface area contributed by atoms with E-state index in [1.54, 1.807) is 9.80 Å². The number of sulfonamides is 1. The Bertz CT molecular complexity index is 594. The van der Waals surface area contributed by atoms with Gasteiger partial charge in [0.2, 0.25) is 10.0 Å². The number of carbonyl (C=O) groups is 2. The predicted molar refractivity (Wildman–Crippen MR) is 76.8 cm³/mol. The Morgan fingerprint density at radius 3 is 2.55 bits per heavy atom. The van der Waals surface area contributed by atoms with E-state index in [2.05, 4.69) is 5.32 Å². The molecule has 2 N–H and O–H groups in total. The van der Waals surface area contributed by atoms with Gasteiger partial charge in [-0.25, -0.2) is 13.2 Å². The van der Waals surface area contributed by atoms with Crippen molar-refractivity contribution in [2.24, 2.45) is 0 Å². The van der Waals surface area contributed by atoms with E-state index in [1.165, 1.54) is 0 Å². The first-order valence-corrected chi connectivity index (χ1v) is 9.11. The molecule has 0 spiro atoms. The van der Waals surface area contributed by atoms with Crippen LogP contribution in [0.3, 0.4) is 0 Å². The van der Waals surface area contributed by atoms with Crippen LogP contribution in [0.1, 0.15) is 6.42 Å². The van der Waals surface area contributed by atoms with Gasteiger partial charge in [0.05, 0.1) is 12.3 Å². The number of hydrogen-bond donors (Lipinski definition) is 2. The van der Waals surface area contributed by atoms with Crippen LogP contribution in [0.5, 0.6) is 0 Å². The fourth-order valence-corrected chi connectivity index (χ4v) is 4.63. The molecule has 22 heavy (non-hydrogen) atoms. The number of nitrogens with zero attached hydrogens (tertiary/aromatic N) is 3. The number of hydrogen-bond acceptors (Lipinski definition) is 5. The Morgan fingerprint density at radius 2 is 2.00 bits per heavy atom. The summed E-state index contributed by atoms with van der Waals surface area (Å²) >= 11 is 0. The van der Waals surface area contributed by atoms with E-state index < -0.39 is 22.0 Å². The van der Waals surface area contributed by atoms with Gasteiger partial charge < -0.3 is 20.2 Å². The fraction of sp³-hybridized carbons (Fsp3) is 0.833. The molecule has 0 aromatic heterocycles. The Morgan fingerprint density at radius 1 is 1.27 bits per heavy atom. The average Bonchev–Trinajstić information content (AvgIpc) is 3.01. The summed E-state index contributed by atoms with van der Waals surface area (Å²) in [6, 6.07) is -1.51. The second-order valence-electron chi connectivity index (χ2n) is 6.06. The number of rotatable bonds is 3. The molecule has 3 atom stereocenters. The highest BCUT2D eigenvalue weighted by Gasteiger charge is 2.49. The smallest absolute Gasteiger partial charge is 0.322 e. The van der Waals surface area contributed by atoms with E-state index in [0.29, 0.717) is 19.6 Å². The second kappa shape index (κ2) is 5.36. The van der Waals surface area contributed by atoms with Gasteiger partial charge in [0, 0.05) is 38.8 Å². The highest BCUT2D eigenvalue weighted by Crippen LogP contribution is 2.29. The first kappa shape index (κ1) is 15.5. The van der Waals surface area contributed by atoms with E-state index in [-0.39, 0.29) is 31.1 Å². The van der Waals surface area contributed by atoms with Crippen LogP contribution in [-0.4, -0.2) is 96.7 Å². The highest BCUT2D eigenvalue weighted by atomic mass is 32.2. The molecule has 0 radical (unpaired) electrons. The molecule has 2 amide bonds. The van der Waals surface area contributed by atoms with Crippen LogP contribution in [0.4, 0.5) is 4.79 Å². The van der Waals surface area contributed by atoms with Crippen molar-refractivity contribution in [3.63, 3.8) is 0 Å². The number of carboxylic acid groups (broad SMARTS) is 1. The quantitative estimate of drug-likeness (QED) is 0.630. The second-order valence-corrected chi connectivity index (χ2v) is 8.00. The maximum atomic E-state index is 12.5. The van der Waals surface area contributed by atoms with Crippen LogP contribution >= 0.6 is 0 Å². The Kier molecular flexibility index (Phi) is 3.77. The summed E-state index contributed by atoms with van der Waals surface area (Å²) in [7, 11) is -3.61. The SMILES string of the molecule is CS(=O)(=O)N1C[C@@H](N2C[C@@H]3CNCCN3C2=O)C[C@@H]1C(=O)O. The minimum Gasteiger partial charge on any atom is -0.480 e. The first-order chi connectivity index (χ1) is 10.3. The minimum absolute atomic E-state index is 0.0511. The minimum atomic E-state index is -3.61. The fourth-order valence-electron chi connectivity index (χ4n) is 3.55. The van der Waals surface area contributed by atoms with E-state index >= 15 is 0 Å². The summed E-state index contributed by atoms with van der Waals surface area (Å²) in [4.78, 5) is 27.2. The van der Waals surface area contributed by atoms with Gasteiger partial charge >= 0.3 is 12.0 Å². The Labute approximate surface area is 128 Å². The molecule has 10 heteroatoms. The first-order valence-electron chi connectivity index (χ1n) is 7.26. The van der Waals surface area contributed by atoms with Crippen molar-refractivity contribution in [1.82, 2.24) is 19.4 Å². The normalized spacial score (nSPS) is 33.3. The van der Waals surface area contributed by atoms with Crippen molar-refractivity contribution in [2.45, 2.75) is 24.5 Å². The third-order valence-corrected chi connectivity index (χ3v) is 5.89. The van der Waals surface area contributed by atoms with Crippen molar-refractivity contribution in [3.8, 4) is 0 Å². The van der Waals surface area contributed by atoms with Gasteiger partial charge in [0.15, 0.2) is 0 Å². The van der Waals surface area contributed by atoms with Gasteiger partial charge in [-0.2, -0.15) is 4.31 Å². The monoisotopic (exact) mass is 332 g/mol. The molecule has 3 aliphatic rings. The van der Waals surface area contributed by atoms with E-state index in [1.807, 2.05) is 0 Å². The maximum Gasteiger partial charge on any atom is 0.322 e. The van der Waals surface area contributed by atoms with Crippen molar-refractivity contribution < 1.29 is 23.1 Å². The molecular formula is C12H20N4O5S. The number of carboxylic acids is 1. The van der Waals surface area contributed by atoms with Crippen LogP contribution in [-0.2, 0) is 14.8 Å². The zero-order valence-electron chi connectivity index (χ0n) is 12.3. The standard InChI is InChI=1S/C12H20N4O5S/c1-22(20,21)16-7-8(4-10(16)11(17)18)15-6-9-5-13-2-3-14(9)12(15)19/h8-10,13H,2-7H2,1H3,(H,17,18)/t8-,9-,10+/m0/s1. The summed E-state index contributed by atoms with van der Waals surface area (Å²) in [5, 5.41) is 12.5. The Hall–Kier alpha value is -1.39. The van der Waals surface area contributed by atoms with Gasteiger partial charge in [-0.1, -0.05) is 0 Å². The lowest BCUT2D eigenvalue weighted by molar-refractivity contribution is -0.140. The molecule has 3 aliphatic heterocycles. The number of urea groups is 1. The van der Waals surface area contributed by atoms with Gasteiger partial charge in [-0.3, -0.25) is 4.79 Å². The third kappa shape index (κ3) is 2.55. The lowest BCUT2D eigenvalue weighted by Crippen LogP contribution is -2.50. The number of aliphatic carboxylic acids is 1. The van der Waals surface area contributed by atoms with Crippen LogP contribution in [0.25, 0.3) is 0 Å². The molecule has 0 saturated carbocycles. The largest absolute Gasteiger partial charge is 0.480 e. The van der Waals surface area contributed by atoms with Gasteiger partial charge in [-0.15, -0.1) is 0 Å². The molecule has 124 valence electrons. The lowest BCUT2D eigenvalue weighted by atomic mass is 10.1. The summed E-state index contributed by atoms with van der Waals surface area (Å²) < 4.78 is 24.5. The van der Waals surface area contributed by atoms with Crippen molar-refractivity contribution in [2.75, 3.05) is 39.0 Å². The van der Waals surface area contributed by atoms with Gasteiger partial charge in [0.1, 0.15) is 6.04 Å². The zero-order chi connectivity index (χ0) is 16.1. The summed E-state index contributed by atoms with van der Waals surface area (Å²) in [5.41, 5.74) is 0. The number of piperazine rings is 1. The van der Waals surface area contributed by atoms with Crippen LogP contribution in [0, 0.1) is 0 Å². The summed E-state index contributed by atoms with van der Waals surface area (Å²) in [6.45, 7) is 2.65. The summed E-state index contributed by atoms with van der Waals surface area (Å²) in [6.07, 6.45) is 1.15. The molecular weight excluding hydrogens is 312 g/mol. The molecule has 0 aliphatic carbocycles. The summed E-state index contributed by atoms with van der Waals surface area (Å²) in [5.74, 6) is -1.17. The zero-order valence-corrected chi connectivity index (χ0v) is 13.1. The van der Waals surface area contributed by atoms with Crippen LogP contribution in [0.2, 0.25) is 0 Å². The van der Waals surface area contributed by atoms with Crippen molar-refractivity contribution >= 4 is 22.0 Å². The molecule has 0 bridgehead atoms. The molecule has 3 heterocycles. The molecule has 0 unspecified atom stereocenters. The molecule has 9 nitrogen and oxygen atoms in total. The third-order valence-electron chi connectivity index (χ3n) is 4.63. The van der Waals surface area contributed by atoms with Crippen molar-refractivity contribution in [1.29, 1.82) is 0 Å². The maximum absolute atomic E-state index is 12.5. The van der Waals surface area contributed by atoms with E-state index in [0.717, 1.165) is 17.1 Å². The lowest BCUT2D eigenvalue weighted by Gasteiger charge is -2.28. The number of fused-ring (bicyclic) bond motifs is 1. The van der Waals surface area contributed by atoms with Crippen molar-refractivity contribution in [3.05, 3.63) is 0 Å². The van der Waals surface area contributed by atoms with E-state index in [4.69, 9.17) is 0 Å². The predicted octanol–water partition coefficient (Wildman–Crippen LogP) is -1.82. The van der Waals surface area contributed by atoms with Gasteiger partial charge in [0.25, 0.3) is 0 Å². The molecule has 3 fully saturated rings. The highest BCUT2D eigenvalue weighted by molar-refractivity contribution is 7.88. The molecule has 0 aromatic rings. The topological polar surface area (TPSA) is 110 Å².